The van der Waals surface area contributed by atoms with Crippen molar-refractivity contribution in [2.75, 3.05) is 0 Å². The van der Waals surface area contributed by atoms with Gasteiger partial charge in [0, 0.05) is 0 Å². The fourth-order valence-corrected chi connectivity index (χ4v) is 2.26. The van der Waals surface area contributed by atoms with E-state index in [4.69, 9.17) is 0 Å². The molecule has 1 N–H and O–H groups in total. The summed E-state index contributed by atoms with van der Waals surface area (Å²) >= 11 is 0. The maximum atomic E-state index is 12.3. The maximum absolute atomic E-state index is 12.3. The van der Waals surface area contributed by atoms with Crippen molar-refractivity contribution in [3.05, 3.63) is 35.9 Å². The first-order chi connectivity index (χ1) is 9.43. The van der Waals surface area contributed by atoms with E-state index in [0.29, 0.717) is 10.5 Å². The van der Waals surface area contributed by atoms with Crippen LogP contribution in [0, 0.1) is 0 Å². The fraction of sp³-hybridized carbons (Fsp3) is 0.286. The highest BCUT2D eigenvalue weighted by atomic mass is 16.2. The molecule has 1 aromatic carbocycles. The number of carbonyl (C=O) groups excluding carboxylic acids is 4. The monoisotopic (exact) mass is 274 g/mol. The predicted molar refractivity (Wildman–Crippen MR) is 69.7 cm³/mol. The van der Waals surface area contributed by atoms with Gasteiger partial charge in [0.1, 0.15) is 6.04 Å². The van der Waals surface area contributed by atoms with Crippen LogP contribution >= 0.6 is 0 Å². The van der Waals surface area contributed by atoms with E-state index < -0.39 is 35.6 Å². The van der Waals surface area contributed by atoms with Gasteiger partial charge in [-0.2, -0.15) is 0 Å². The Balaban J connectivity index is 2.34. The van der Waals surface area contributed by atoms with Gasteiger partial charge in [0.2, 0.25) is 0 Å². The Labute approximate surface area is 115 Å². The quantitative estimate of drug-likeness (QED) is 0.651. The van der Waals surface area contributed by atoms with Gasteiger partial charge in [-0.3, -0.25) is 14.4 Å². The molecule has 1 fully saturated rings. The highest BCUT2D eigenvalue weighted by molar-refractivity contribution is 6.15. The van der Waals surface area contributed by atoms with E-state index in [1.807, 2.05) is 0 Å². The summed E-state index contributed by atoms with van der Waals surface area (Å²) in [5.74, 6) is -1.65. The summed E-state index contributed by atoms with van der Waals surface area (Å²) in [6.07, 6.45) is 0. The minimum absolute atomic E-state index is 0.533. The summed E-state index contributed by atoms with van der Waals surface area (Å²) in [7, 11) is 0. The summed E-state index contributed by atoms with van der Waals surface area (Å²) in [6.45, 7) is 2.37. The van der Waals surface area contributed by atoms with Crippen molar-refractivity contribution in [2.45, 2.75) is 25.9 Å². The molecule has 2 rings (SSSR count). The molecule has 1 atom stereocenters. The Kier molecular flexibility index (Phi) is 3.65. The Bertz CT molecular complexity index is 568. The van der Waals surface area contributed by atoms with E-state index in [9.17, 15) is 19.2 Å². The van der Waals surface area contributed by atoms with Crippen molar-refractivity contribution in [3.8, 4) is 0 Å². The highest BCUT2D eigenvalue weighted by Gasteiger charge is 2.45. The number of urea groups is 1. The zero-order valence-electron chi connectivity index (χ0n) is 11.1. The number of hydrogen-bond donors (Lipinski definition) is 1. The number of nitrogens with zero attached hydrogens (tertiary/aromatic N) is 1. The van der Waals surface area contributed by atoms with Gasteiger partial charge in [-0.05, 0) is 19.4 Å². The molecular weight excluding hydrogens is 260 g/mol. The number of hydrogen-bond acceptors (Lipinski definition) is 4. The second kappa shape index (κ2) is 5.24. The molecule has 1 unspecified atom stereocenters. The average molecular weight is 274 g/mol. The van der Waals surface area contributed by atoms with Crippen LogP contribution in [0.5, 0.6) is 0 Å². The largest absolute Gasteiger partial charge is 0.326 e. The summed E-state index contributed by atoms with van der Waals surface area (Å²) in [4.78, 5) is 47.9. The zero-order valence-corrected chi connectivity index (χ0v) is 11.1. The van der Waals surface area contributed by atoms with Crippen LogP contribution in [0.3, 0.4) is 0 Å². The molecule has 104 valence electrons. The van der Waals surface area contributed by atoms with Crippen molar-refractivity contribution in [1.82, 2.24) is 10.2 Å². The van der Waals surface area contributed by atoms with Crippen LogP contribution in [0.2, 0.25) is 0 Å². The molecule has 3 amide bonds. The van der Waals surface area contributed by atoms with Crippen LogP contribution in [0.1, 0.15) is 25.5 Å². The number of imide groups is 1. The highest BCUT2D eigenvalue weighted by Crippen LogP contribution is 2.23. The third kappa shape index (κ3) is 2.32. The first-order valence-electron chi connectivity index (χ1n) is 6.13. The molecule has 1 aliphatic heterocycles. The molecule has 0 bridgehead atoms. The van der Waals surface area contributed by atoms with E-state index in [-0.39, 0.29) is 0 Å². The van der Waals surface area contributed by atoms with E-state index in [2.05, 4.69) is 5.32 Å². The Morgan fingerprint density at radius 1 is 1.10 bits per heavy atom. The normalized spacial score (nSPS) is 18.4. The first kappa shape index (κ1) is 13.9. The number of benzene rings is 1. The lowest BCUT2D eigenvalue weighted by molar-refractivity contribution is -0.140. The summed E-state index contributed by atoms with van der Waals surface area (Å²) in [6, 6.07) is 5.73. The van der Waals surface area contributed by atoms with Crippen molar-refractivity contribution < 1.29 is 19.2 Å². The predicted octanol–water partition coefficient (Wildman–Crippen LogP) is 0.826. The van der Waals surface area contributed by atoms with Crippen LogP contribution in [-0.4, -0.2) is 34.4 Å². The van der Waals surface area contributed by atoms with Crippen LogP contribution in [0.15, 0.2) is 30.3 Å². The fourth-order valence-electron chi connectivity index (χ4n) is 2.26. The van der Waals surface area contributed by atoms with Gasteiger partial charge in [-0.1, -0.05) is 30.3 Å². The summed E-state index contributed by atoms with van der Waals surface area (Å²) < 4.78 is 0. The second-order valence-corrected chi connectivity index (χ2v) is 4.63. The molecule has 1 heterocycles. The molecule has 0 aromatic heterocycles. The molecule has 6 heteroatoms. The third-order valence-electron chi connectivity index (χ3n) is 3.13. The molecule has 0 saturated carbocycles. The van der Waals surface area contributed by atoms with E-state index in [1.54, 1.807) is 30.3 Å². The molecule has 1 aromatic rings. The number of rotatable bonds is 4. The minimum atomic E-state index is -1.35. The average Bonchev–Trinajstić information content (AvgIpc) is 2.67. The molecule has 0 spiro atoms. The van der Waals surface area contributed by atoms with Crippen LogP contribution in [-0.2, 0) is 14.4 Å². The van der Waals surface area contributed by atoms with Gasteiger partial charge < -0.3 is 5.32 Å². The maximum Gasteiger partial charge on any atom is 0.326 e. The molecule has 6 nitrogen and oxygen atoms in total. The minimum Gasteiger partial charge on any atom is -0.322 e. The van der Waals surface area contributed by atoms with E-state index in [1.165, 1.54) is 13.8 Å². The Morgan fingerprint density at radius 3 is 2.15 bits per heavy atom. The summed E-state index contributed by atoms with van der Waals surface area (Å²) in [5, 5.41) is 2.49. The van der Waals surface area contributed by atoms with Gasteiger partial charge in [0.05, 0.1) is 0 Å². The number of ketones is 2. The van der Waals surface area contributed by atoms with Crippen molar-refractivity contribution in [2.24, 2.45) is 0 Å². The summed E-state index contributed by atoms with van der Waals surface area (Å²) in [5.41, 5.74) is 0.610. The first-order valence-corrected chi connectivity index (χ1v) is 6.13. The third-order valence-corrected chi connectivity index (χ3v) is 3.13. The standard InChI is InChI=1S/C14H14N2O4/c1-8(17)12(9(2)18)16-13(19)11(15-14(16)20)10-6-4-3-5-7-10/h3-7,11-12H,1-2H3,(H,15,20). The second-order valence-electron chi connectivity index (χ2n) is 4.63. The smallest absolute Gasteiger partial charge is 0.322 e. The number of nitrogens with one attached hydrogen (secondary N) is 1. The zero-order chi connectivity index (χ0) is 14.9. The number of carbonyl (C=O) groups is 4. The molecule has 20 heavy (non-hydrogen) atoms. The van der Waals surface area contributed by atoms with Crippen molar-refractivity contribution in [3.63, 3.8) is 0 Å². The van der Waals surface area contributed by atoms with Crippen molar-refractivity contribution >= 4 is 23.5 Å². The lowest BCUT2D eigenvalue weighted by atomic mass is 10.0. The molecule has 0 radical (unpaired) electrons. The lowest BCUT2D eigenvalue weighted by Gasteiger charge is -2.20. The number of Topliss-reactive ketones (excluding diaryl/α,β-unsaturated/α-hetero) is 2. The molecule has 1 saturated heterocycles. The van der Waals surface area contributed by atoms with Crippen molar-refractivity contribution in [1.29, 1.82) is 0 Å². The number of amides is 3. The van der Waals surface area contributed by atoms with Crippen LogP contribution in [0.4, 0.5) is 4.79 Å². The Morgan fingerprint density at radius 2 is 1.65 bits per heavy atom. The SMILES string of the molecule is CC(=O)C(C(C)=O)N1C(=O)NC(c2ccccc2)C1=O. The van der Waals surface area contributed by atoms with Gasteiger partial charge in [-0.25, -0.2) is 9.69 Å². The van der Waals surface area contributed by atoms with E-state index in [0.717, 1.165) is 0 Å². The van der Waals surface area contributed by atoms with Gasteiger partial charge >= 0.3 is 6.03 Å². The molecule has 1 aliphatic rings. The van der Waals surface area contributed by atoms with Gasteiger partial charge in [-0.15, -0.1) is 0 Å². The topological polar surface area (TPSA) is 83.6 Å². The van der Waals surface area contributed by atoms with Crippen LogP contribution < -0.4 is 5.32 Å². The Hall–Kier alpha value is -2.50. The molecular formula is C14H14N2O4. The van der Waals surface area contributed by atoms with Gasteiger partial charge in [0.15, 0.2) is 17.6 Å². The molecule has 0 aliphatic carbocycles. The lowest BCUT2D eigenvalue weighted by Crippen LogP contribution is -2.48. The van der Waals surface area contributed by atoms with Crippen LogP contribution in [0.25, 0.3) is 0 Å². The van der Waals surface area contributed by atoms with Gasteiger partial charge in [0.25, 0.3) is 5.91 Å². The van der Waals surface area contributed by atoms with E-state index >= 15 is 0 Å².